The van der Waals surface area contributed by atoms with Crippen molar-refractivity contribution in [1.29, 1.82) is 0 Å². The molecule has 1 aromatic carbocycles. The number of hydrogen-bond acceptors (Lipinski definition) is 3. The van der Waals surface area contributed by atoms with Crippen molar-refractivity contribution >= 4 is 44.7 Å². The summed E-state index contributed by atoms with van der Waals surface area (Å²) < 4.78 is 0. The molecule has 0 saturated heterocycles. The molecule has 0 nitrogen and oxygen atoms in total. The Morgan fingerprint density at radius 2 is 1.59 bits per heavy atom. The molecule has 0 atom stereocenters. The number of thioether (sulfide) groups is 2. The van der Waals surface area contributed by atoms with Gasteiger partial charge in [0.15, 0.2) is 0 Å². The Morgan fingerprint density at radius 1 is 0.955 bits per heavy atom. The molecule has 0 aliphatic heterocycles. The third kappa shape index (κ3) is 5.08. The van der Waals surface area contributed by atoms with E-state index in [1.54, 1.807) is 0 Å². The highest BCUT2D eigenvalue weighted by Gasteiger charge is 2.04. The summed E-state index contributed by atoms with van der Waals surface area (Å²) in [5.74, 6) is 2.18. The molecular weight excluding hydrogens is 324 g/mol. The Morgan fingerprint density at radius 3 is 2.18 bits per heavy atom. The van der Waals surface area contributed by atoms with Gasteiger partial charge >= 0.3 is 0 Å². The van der Waals surface area contributed by atoms with E-state index in [0.29, 0.717) is 0 Å². The van der Waals surface area contributed by atoms with E-state index in [-0.39, 0.29) is 0 Å². The summed E-state index contributed by atoms with van der Waals surface area (Å²) in [6, 6.07) is 13.1. The lowest BCUT2D eigenvalue weighted by Crippen LogP contribution is -1.82. The molecule has 0 bridgehead atoms. The van der Waals surface area contributed by atoms with Crippen LogP contribution in [0.2, 0.25) is 0 Å². The summed E-state index contributed by atoms with van der Waals surface area (Å²) in [5.41, 5.74) is 2.61. The molecular formula is C19H22S3. The number of hydrogen-bond donors (Lipinski definition) is 0. The fourth-order valence-corrected chi connectivity index (χ4v) is 4.46. The van der Waals surface area contributed by atoms with Crippen LogP contribution in [0.3, 0.4) is 0 Å². The van der Waals surface area contributed by atoms with E-state index in [4.69, 9.17) is 0 Å². The standard InChI is InChI=1S/C19H22S3/c1-4-20-17(16-10-8-15(3)9-11-16)12-13-19(21-5-2)18-7-6-14-22-18/h6-14H,4-5H2,1-3H3/b17-12-,19-13-. The van der Waals surface area contributed by atoms with Crippen LogP contribution in [0, 0.1) is 6.92 Å². The molecule has 0 unspecified atom stereocenters. The van der Waals surface area contributed by atoms with Crippen LogP contribution in [0.4, 0.5) is 0 Å². The van der Waals surface area contributed by atoms with Gasteiger partial charge in [-0.2, -0.15) is 0 Å². The fourth-order valence-electron chi connectivity index (χ4n) is 2.03. The first-order valence-electron chi connectivity index (χ1n) is 7.53. The van der Waals surface area contributed by atoms with Crippen LogP contribution in [0.5, 0.6) is 0 Å². The van der Waals surface area contributed by atoms with Crippen molar-refractivity contribution in [2.75, 3.05) is 11.5 Å². The Bertz CT molecular complexity index is 619. The van der Waals surface area contributed by atoms with Gasteiger partial charge in [-0.25, -0.2) is 0 Å². The molecule has 1 heterocycles. The van der Waals surface area contributed by atoms with Gasteiger partial charge in [0.25, 0.3) is 0 Å². The van der Waals surface area contributed by atoms with Gasteiger partial charge in [-0.3, -0.25) is 0 Å². The van der Waals surface area contributed by atoms with Gasteiger partial charge in [0, 0.05) is 14.7 Å². The minimum Gasteiger partial charge on any atom is -0.143 e. The second-order valence-corrected chi connectivity index (χ2v) is 8.33. The Balaban J connectivity index is 2.31. The minimum atomic E-state index is 1.09. The molecule has 0 spiro atoms. The van der Waals surface area contributed by atoms with Gasteiger partial charge in [0.1, 0.15) is 0 Å². The number of thiophene rings is 1. The molecule has 0 amide bonds. The van der Waals surface area contributed by atoms with Crippen LogP contribution >= 0.6 is 34.9 Å². The fraction of sp³-hybridized carbons (Fsp3) is 0.263. The highest BCUT2D eigenvalue weighted by Crippen LogP contribution is 2.33. The van der Waals surface area contributed by atoms with Gasteiger partial charge in [0.05, 0.1) is 0 Å². The average molecular weight is 347 g/mol. The van der Waals surface area contributed by atoms with E-state index in [9.17, 15) is 0 Å². The first-order valence-corrected chi connectivity index (χ1v) is 10.4. The Kier molecular flexibility index (Phi) is 7.37. The summed E-state index contributed by atoms with van der Waals surface area (Å²) in [4.78, 5) is 4.06. The largest absolute Gasteiger partial charge is 0.143 e. The van der Waals surface area contributed by atoms with E-state index in [1.807, 2.05) is 34.9 Å². The zero-order valence-corrected chi connectivity index (χ0v) is 15.8. The van der Waals surface area contributed by atoms with E-state index in [2.05, 4.69) is 74.7 Å². The second kappa shape index (κ2) is 9.29. The molecule has 0 radical (unpaired) electrons. The maximum absolute atomic E-state index is 2.28. The van der Waals surface area contributed by atoms with Crippen LogP contribution in [-0.2, 0) is 0 Å². The van der Waals surface area contributed by atoms with Crippen LogP contribution in [0.1, 0.15) is 29.9 Å². The molecule has 116 valence electrons. The van der Waals surface area contributed by atoms with Crippen molar-refractivity contribution in [2.24, 2.45) is 0 Å². The Hall–Kier alpha value is -0.900. The summed E-state index contributed by atoms with van der Waals surface area (Å²) in [5, 5.41) is 2.14. The lowest BCUT2D eigenvalue weighted by Gasteiger charge is -2.07. The van der Waals surface area contributed by atoms with E-state index in [1.165, 1.54) is 25.8 Å². The minimum absolute atomic E-state index is 1.09. The first kappa shape index (κ1) is 17.5. The molecule has 1 aromatic heterocycles. The molecule has 2 rings (SSSR count). The van der Waals surface area contributed by atoms with Crippen molar-refractivity contribution in [3.05, 3.63) is 69.9 Å². The van der Waals surface area contributed by atoms with Crippen molar-refractivity contribution in [3.63, 3.8) is 0 Å². The number of rotatable bonds is 7. The van der Waals surface area contributed by atoms with Gasteiger partial charge in [-0.15, -0.1) is 34.9 Å². The Labute approximate surface area is 146 Å². The van der Waals surface area contributed by atoms with E-state index < -0.39 is 0 Å². The molecule has 3 heteroatoms. The summed E-state index contributed by atoms with van der Waals surface area (Å²) in [7, 11) is 0. The number of benzene rings is 1. The van der Waals surface area contributed by atoms with Crippen molar-refractivity contribution in [1.82, 2.24) is 0 Å². The van der Waals surface area contributed by atoms with Crippen LogP contribution in [0.25, 0.3) is 9.81 Å². The SMILES string of the molecule is CCS/C(=C\C=C(/SCC)c1cccs1)c1ccc(C)cc1. The third-order valence-corrected chi connectivity index (χ3v) is 6.05. The van der Waals surface area contributed by atoms with Gasteiger partial charge in [-0.05, 0) is 47.6 Å². The first-order chi connectivity index (χ1) is 10.7. The highest BCUT2D eigenvalue weighted by atomic mass is 32.2. The van der Waals surface area contributed by atoms with Crippen molar-refractivity contribution < 1.29 is 0 Å². The van der Waals surface area contributed by atoms with Crippen LogP contribution in [0.15, 0.2) is 53.9 Å². The summed E-state index contributed by atoms with van der Waals surface area (Å²) >= 11 is 5.62. The predicted octanol–water partition coefficient (Wildman–Crippen LogP) is 6.94. The second-order valence-electron chi connectivity index (χ2n) is 4.77. The van der Waals surface area contributed by atoms with Gasteiger partial charge < -0.3 is 0 Å². The highest BCUT2D eigenvalue weighted by molar-refractivity contribution is 8.08. The molecule has 0 N–H and O–H groups in total. The van der Waals surface area contributed by atoms with Crippen LogP contribution in [-0.4, -0.2) is 11.5 Å². The molecule has 0 aliphatic rings. The van der Waals surface area contributed by atoms with Crippen LogP contribution < -0.4 is 0 Å². The zero-order valence-electron chi connectivity index (χ0n) is 13.3. The normalized spacial score (nSPS) is 12.7. The molecule has 0 fully saturated rings. The lowest BCUT2D eigenvalue weighted by molar-refractivity contribution is 1.46. The average Bonchev–Trinajstić information content (AvgIpc) is 3.05. The third-order valence-electron chi connectivity index (χ3n) is 3.09. The van der Waals surface area contributed by atoms with Crippen molar-refractivity contribution in [3.8, 4) is 0 Å². The predicted molar refractivity (Wildman–Crippen MR) is 108 cm³/mol. The molecule has 2 aromatic rings. The maximum Gasteiger partial charge on any atom is 0.0406 e. The topological polar surface area (TPSA) is 0 Å². The summed E-state index contributed by atoms with van der Waals surface area (Å²) in [6.45, 7) is 6.54. The number of allylic oxidation sites excluding steroid dienone is 2. The van der Waals surface area contributed by atoms with Gasteiger partial charge in [-0.1, -0.05) is 49.7 Å². The van der Waals surface area contributed by atoms with Gasteiger partial charge in [0.2, 0.25) is 0 Å². The molecule has 22 heavy (non-hydrogen) atoms. The van der Waals surface area contributed by atoms with Crippen molar-refractivity contribution in [2.45, 2.75) is 20.8 Å². The van der Waals surface area contributed by atoms with E-state index >= 15 is 0 Å². The number of aryl methyl sites for hydroxylation is 1. The lowest BCUT2D eigenvalue weighted by atomic mass is 10.1. The molecule has 0 saturated carbocycles. The maximum atomic E-state index is 2.28. The smallest absolute Gasteiger partial charge is 0.0406 e. The molecule has 0 aliphatic carbocycles. The quantitative estimate of drug-likeness (QED) is 0.498. The van der Waals surface area contributed by atoms with E-state index in [0.717, 1.165) is 11.5 Å². The summed E-state index contributed by atoms with van der Waals surface area (Å²) in [6.07, 6.45) is 4.55. The monoisotopic (exact) mass is 346 g/mol. The zero-order chi connectivity index (χ0) is 15.8.